The molecular formula is C13H12BF3NO-. The lowest BCUT2D eigenvalue weighted by Gasteiger charge is -2.15. The molecule has 2 aromatic rings. The van der Waals surface area contributed by atoms with Crippen molar-refractivity contribution in [2.75, 3.05) is 0 Å². The summed E-state index contributed by atoms with van der Waals surface area (Å²) in [6, 6.07) is 10.2. The van der Waals surface area contributed by atoms with Gasteiger partial charge in [-0.2, -0.15) is 0 Å². The van der Waals surface area contributed by atoms with Gasteiger partial charge in [-0.1, -0.05) is 18.2 Å². The van der Waals surface area contributed by atoms with E-state index in [-0.39, 0.29) is 6.61 Å². The molecule has 0 aliphatic carbocycles. The predicted octanol–water partition coefficient (Wildman–Crippen LogP) is 3.02. The van der Waals surface area contributed by atoms with Crippen LogP contribution in [-0.2, 0) is 6.61 Å². The average molecular weight is 266 g/mol. The van der Waals surface area contributed by atoms with Gasteiger partial charge < -0.3 is 17.7 Å². The second-order valence-corrected chi connectivity index (χ2v) is 4.20. The lowest BCUT2D eigenvalue weighted by atomic mass is 9.80. The molecule has 0 amide bonds. The number of pyridine rings is 1. The molecule has 0 saturated carbocycles. The Labute approximate surface area is 109 Å². The van der Waals surface area contributed by atoms with E-state index in [1.54, 1.807) is 6.07 Å². The van der Waals surface area contributed by atoms with Crippen LogP contribution in [0.15, 0.2) is 42.5 Å². The fourth-order valence-electron chi connectivity index (χ4n) is 1.62. The highest BCUT2D eigenvalue weighted by atomic mass is 19.4. The Balaban J connectivity index is 2.01. The van der Waals surface area contributed by atoms with Crippen molar-refractivity contribution in [3.8, 4) is 5.75 Å². The molecule has 1 aromatic heterocycles. The summed E-state index contributed by atoms with van der Waals surface area (Å²) in [5.41, 5.74) is 0.987. The monoisotopic (exact) mass is 266 g/mol. The fourth-order valence-corrected chi connectivity index (χ4v) is 1.62. The third-order valence-corrected chi connectivity index (χ3v) is 2.59. The van der Waals surface area contributed by atoms with Crippen LogP contribution in [0.5, 0.6) is 5.75 Å². The summed E-state index contributed by atoms with van der Waals surface area (Å²) in [5.74, 6) is 0.395. The Bertz CT molecular complexity index is 555. The lowest BCUT2D eigenvalue weighted by molar-refractivity contribution is 0.301. The van der Waals surface area contributed by atoms with E-state index in [1.165, 1.54) is 12.1 Å². The van der Waals surface area contributed by atoms with E-state index in [1.807, 2.05) is 19.1 Å². The van der Waals surface area contributed by atoms with Crippen LogP contribution in [0.4, 0.5) is 12.9 Å². The van der Waals surface area contributed by atoms with E-state index in [9.17, 15) is 12.9 Å². The van der Waals surface area contributed by atoms with Crippen LogP contribution in [0, 0.1) is 6.92 Å². The SMILES string of the molecule is Cc1cccc(COc2ccc([B-](F)(F)F)cc2)n1. The Kier molecular flexibility index (Phi) is 3.78. The number of nitrogens with zero attached hydrogens (tertiary/aromatic N) is 1. The van der Waals surface area contributed by atoms with Gasteiger partial charge in [0.15, 0.2) is 0 Å². The summed E-state index contributed by atoms with van der Waals surface area (Å²) in [4.78, 5) is 4.24. The number of hydrogen-bond acceptors (Lipinski definition) is 2. The van der Waals surface area contributed by atoms with Gasteiger partial charge in [-0.05, 0) is 31.2 Å². The van der Waals surface area contributed by atoms with Crippen LogP contribution in [-0.4, -0.2) is 12.0 Å². The van der Waals surface area contributed by atoms with Gasteiger partial charge in [0.05, 0.1) is 5.69 Å². The van der Waals surface area contributed by atoms with Gasteiger partial charge in [0.1, 0.15) is 12.4 Å². The van der Waals surface area contributed by atoms with Gasteiger partial charge in [-0.25, -0.2) is 0 Å². The van der Waals surface area contributed by atoms with Crippen LogP contribution in [0.1, 0.15) is 11.4 Å². The summed E-state index contributed by atoms with van der Waals surface area (Å²) in [6.07, 6.45) is 0. The molecule has 0 bridgehead atoms. The molecule has 2 nitrogen and oxygen atoms in total. The number of rotatable bonds is 4. The molecule has 100 valence electrons. The van der Waals surface area contributed by atoms with Crippen molar-refractivity contribution in [3.63, 3.8) is 0 Å². The predicted molar refractivity (Wildman–Crippen MR) is 68.5 cm³/mol. The quantitative estimate of drug-likeness (QED) is 0.793. The number of ether oxygens (including phenoxy) is 1. The molecular weight excluding hydrogens is 254 g/mol. The fraction of sp³-hybridized carbons (Fsp3) is 0.154. The van der Waals surface area contributed by atoms with Crippen molar-refractivity contribution >= 4 is 12.4 Å². The number of aryl methyl sites for hydroxylation is 1. The first-order chi connectivity index (χ1) is 8.95. The van der Waals surface area contributed by atoms with Crippen LogP contribution >= 0.6 is 0 Å². The van der Waals surface area contributed by atoms with E-state index in [0.717, 1.165) is 23.5 Å². The number of benzene rings is 1. The Hall–Kier alpha value is -1.98. The minimum atomic E-state index is -4.95. The molecule has 0 fully saturated rings. The highest BCUT2D eigenvalue weighted by Crippen LogP contribution is 2.14. The highest BCUT2D eigenvalue weighted by molar-refractivity contribution is 6.73. The summed E-state index contributed by atoms with van der Waals surface area (Å²) in [6.45, 7) is -2.85. The van der Waals surface area contributed by atoms with Crippen molar-refractivity contribution < 1.29 is 17.7 Å². The summed E-state index contributed by atoms with van der Waals surface area (Å²) in [5, 5.41) is 0. The molecule has 0 atom stereocenters. The van der Waals surface area contributed by atoms with Crippen molar-refractivity contribution in [2.24, 2.45) is 0 Å². The maximum absolute atomic E-state index is 12.4. The second-order valence-electron chi connectivity index (χ2n) is 4.20. The van der Waals surface area contributed by atoms with Crippen molar-refractivity contribution in [1.82, 2.24) is 4.98 Å². The first-order valence-electron chi connectivity index (χ1n) is 5.80. The van der Waals surface area contributed by atoms with Gasteiger partial charge in [-0.15, -0.1) is 5.46 Å². The first kappa shape index (κ1) is 13.5. The van der Waals surface area contributed by atoms with Crippen molar-refractivity contribution in [2.45, 2.75) is 13.5 Å². The second kappa shape index (κ2) is 5.34. The lowest BCUT2D eigenvalue weighted by Crippen LogP contribution is -2.33. The van der Waals surface area contributed by atoms with Crippen LogP contribution in [0.25, 0.3) is 0 Å². The van der Waals surface area contributed by atoms with E-state index < -0.39 is 12.4 Å². The zero-order valence-electron chi connectivity index (χ0n) is 10.3. The van der Waals surface area contributed by atoms with Gasteiger partial charge in [0.25, 0.3) is 0 Å². The van der Waals surface area contributed by atoms with Crippen molar-refractivity contribution in [1.29, 1.82) is 0 Å². The maximum Gasteiger partial charge on any atom is 0.509 e. The molecule has 19 heavy (non-hydrogen) atoms. The van der Waals surface area contributed by atoms with Crippen LogP contribution in [0.2, 0.25) is 0 Å². The molecule has 0 spiro atoms. The zero-order chi connectivity index (χ0) is 13.9. The maximum atomic E-state index is 12.4. The molecule has 1 heterocycles. The van der Waals surface area contributed by atoms with Crippen molar-refractivity contribution in [3.05, 3.63) is 53.9 Å². The Morgan fingerprint density at radius 3 is 2.32 bits per heavy atom. The van der Waals surface area contributed by atoms with E-state index in [0.29, 0.717) is 5.75 Å². The molecule has 0 unspecified atom stereocenters. The van der Waals surface area contributed by atoms with Gasteiger partial charge in [0.2, 0.25) is 0 Å². The van der Waals surface area contributed by atoms with Gasteiger partial charge in [0, 0.05) is 5.69 Å². The number of halogens is 3. The highest BCUT2D eigenvalue weighted by Gasteiger charge is 2.24. The Morgan fingerprint density at radius 2 is 1.74 bits per heavy atom. The largest absolute Gasteiger partial charge is 0.509 e. The average Bonchev–Trinajstić information content (AvgIpc) is 2.36. The minimum Gasteiger partial charge on any atom is -0.487 e. The standard InChI is InChI=1S/C13H12BF3NO/c1-10-3-2-4-12(18-10)9-19-13-7-5-11(6-8-13)14(15,16)17/h2-8H,9H2,1H3/q-1. The molecule has 0 aliphatic heterocycles. The summed E-state index contributed by atoms with van der Waals surface area (Å²) >= 11 is 0. The van der Waals surface area contributed by atoms with Crippen LogP contribution < -0.4 is 10.2 Å². The molecule has 0 radical (unpaired) electrons. The molecule has 2 rings (SSSR count). The minimum absolute atomic E-state index is 0.234. The third kappa shape index (κ3) is 3.74. The normalized spacial score (nSPS) is 11.4. The molecule has 0 N–H and O–H groups in total. The van der Waals surface area contributed by atoms with Crippen LogP contribution in [0.3, 0.4) is 0 Å². The van der Waals surface area contributed by atoms with Gasteiger partial charge >= 0.3 is 6.98 Å². The molecule has 1 aromatic carbocycles. The Morgan fingerprint density at radius 1 is 1.05 bits per heavy atom. The molecule has 0 aliphatic rings. The zero-order valence-corrected chi connectivity index (χ0v) is 10.3. The summed E-state index contributed by atoms with van der Waals surface area (Å²) < 4.78 is 42.7. The summed E-state index contributed by atoms with van der Waals surface area (Å²) in [7, 11) is 0. The number of aromatic nitrogens is 1. The first-order valence-corrected chi connectivity index (χ1v) is 5.80. The van der Waals surface area contributed by atoms with E-state index in [4.69, 9.17) is 4.74 Å². The molecule has 0 saturated heterocycles. The van der Waals surface area contributed by atoms with Gasteiger partial charge in [-0.3, -0.25) is 4.98 Å². The van der Waals surface area contributed by atoms with E-state index in [2.05, 4.69) is 4.98 Å². The number of hydrogen-bond donors (Lipinski definition) is 0. The smallest absolute Gasteiger partial charge is 0.487 e. The molecule has 6 heteroatoms. The topological polar surface area (TPSA) is 22.1 Å². The third-order valence-electron chi connectivity index (χ3n) is 2.59. The van der Waals surface area contributed by atoms with E-state index >= 15 is 0 Å².